The number of nitrogens with zero attached hydrogens (tertiary/aromatic N) is 2. The maximum Gasteiger partial charge on any atom is 0.298 e. The number of hydrogen-bond acceptors (Lipinski definition) is 4. The van der Waals surface area contributed by atoms with Crippen LogP contribution in [-0.4, -0.2) is 17.6 Å². The monoisotopic (exact) mass is 287 g/mol. The fourth-order valence-electron chi connectivity index (χ4n) is 2.15. The van der Waals surface area contributed by atoms with Crippen LogP contribution in [0.15, 0.2) is 41.0 Å². The largest absolute Gasteiger partial charge is 0.432 e. The number of rotatable bonds is 8. The Morgan fingerprint density at radius 2 is 2.00 bits per heavy atom. The molecule has 1 aromatic heterocycles. The number of anilines is 1. The first-order valence-corrected chi connectivity index (χ1v) is 7.66. The molecule has 21 heavy (non-hydrogen) atoms. The quantitative estimate of drug-likeness (QED) is 0.753. The van der Waals surface area contributed by atoms with Crippen LogP contribution in [0.2, 0.25) is 0 Å². The Kier molecular flexibility index (Phi) is 5.81. The second kappa shape index (κ2) is 7.84. The number of benzene rings is 1. The lowest BCUT2D eigenvalue weighted by molar-refractivity contribution is 0.509. The maximum absolute atomic E-state index is 5.67. The van der Waals surface area contributed by atoms with E-state index < -0.39 is 0 Å². The van der Waals surface area contributed by atoms with E-state index in [0.29, 0.717) is 12.1 Å². The highest BCUT2D eigenvalue weighted by atomic mass is 16.4. The second-order valence-electron chi connectivity index (χ2n) is 5.51. The maximum atomic E-state index is 5.67. The lowest BCUT2D eigenvalue weighted by Gasteiger charge is -2.24. The summed E-state index contributed by atoms with van der Waals surface area (Å²) in [5.74, 6) is 0. The first-order chi connectivity index (χ1) is 10.2. The van der Waals surface area contributed by atoms with E-state index in [0.717, 1.165) is 31.7 Å². The first-order valence-electron chi connectivity index (χ1n) is 7.66. The van der Waals surface area contributed by atoms with Gasteiger partial charge < -0.3 is 14.6 Å². The van der Waals surface area contributed by atoms with Crippen LogP contribution in [-0.2, 0) is 13.1 Å². The van der Waals surface area contributed by atoms with Crippen molar-refractivity contribution in [3.63, 3.8) is 0 Å². The van der Waals surface area contributed by atoms with Gasteiger partial charge in [0.15, 0.2) is 0 Å². The molecule has 1 N–H and O–H groups in total. The van der Waals surface area contributed by atoms with Gasteiger partial charge >= 0.3 is 0 Å². The van der Waals surface area contributed by atoms with Gasteiger partial charge in [-0.3, -0.25) is 0 Å². The fraction of sp³-hybridized carbons (Fsp3) is 0.471. The van der Waals surface area contributed by atoms with Crippen LogP contribution in [0.25, 0.3) is 0 Å². The van der Waals surface area contributed by atoms with Gasteiger partial charge in [-0.05, 0) is 32.4 Å². The van der Waals surface area contributed by atoms with Gasteiger partial charge in [0, 0.05) is 19.1 Å². The Labute approximate surface area is 127 Å². The van der Waals surface area contributed by atoms with Crippen molar-refractivity contribution in [3.8, 4) is 0 Å². The molecule has 4 heteroatoms. The third-order valence-electron chi connectivity index (χ3n) is 3.34. The molecule has 0 unspecified atom stereocenters. The summed E-state index contributed by atoms with van der Waals surface area (Å²) in [4.78, 5) is 6.78. The summed E-state index contributed by atoms with van der Waals surface area (Å²) in [5.41, 5.74) is 2.22. The summed E-state index contributed by atoms with van der Waals surface area (Å²) in [5, 5.41) is 3.34. The third kappa shape index (κ3) is 4.60. The Morgan fingerprint density at radius 1 is 1.24 bits per heavy atom. The van der Waals surface area contributed by atoms with Gasteiger partial charge in [0.05, 0.1) is 5.69 Å². The van der Waals surface area contributed by atoms with E-state index in [9.17, 15) is 0 Å². The van der Waals surface area contributed by atoms with Gasteiger partial charge in [-0.25, -0.2) is 0 Å². The van der Waals surface area contributed by atoms with Crippen molar-refractivity contribution in [2.75, 3.05) is 11.4 Å². The number of hydrogen-bond donors (Lipinski definition) is 1. The molecule has 0 aliphatic carbocycles. The van der Waals surface area contributed by atoms with Crippen LogP contribution in [0.3, 0.4) is 0 Å². The van der Waals surface area contributed by atoms with E-state index >= 15 is 0 Å². The summed E-state index contributed by atoms with van der Waals surface area (Å²) >= 11 is 0. The normalized spacial score (nSPS) is 11.0. The average molecular weight is 287 g/mol. The zero-order valence-corrected chi connectivity index (χ0v) is 13.2. The summed E-state index contributed by atoms with van der Waals surface area (Å²) in [6.07, 6.45) is 2.87. The highest BCUT2D eigenvalue weighted by Crippen LogP contribution is 2.19. The van der Waals surface area contributed by atoms with Crippen LogP contribution in [0.1, 0.15) is 38.4 Å². The molecule has 1 aromatic carbocycles. The molecule has 1 heterocycles. The molecule has 2 rings (SSSR count). The Balaban J connectivity index is 2.04. The Morgan fingerprint density at radius 3 is 2.67 bits per heavy atom. The van der Waals surface area contributed by atoms with Crippen molar-refractivity contribution < 1.29 is 4.42 Å². The molecular formula is C17H25N3O. The van der Waals surface area contributed by atoms with Crippen molar-refractivity contribution >= 4 is 6.01 Å². The lowest BCUT2D eigenvalue weighted by atomic mass is 10.2. The SMILES string of the molecule is CCCNCc1coc(N(Cc2ccccc2)C(C)C)n1. The molecule has 0 saturated carbocycles. The van der Waals surface area contributed by atoms with Crippen LogP contribution >= 0.6 is 0 Å². The van der Waals surface area contributed by atoms with Crippen LogP contribution in [0.4, 0.5) is 6.01 Å². The minimum atomic E-state index is 0.334. The number of oxazole rings is 1. The third-order valence-corrected chi connectivity index (χ3v) is 3.34. The minimum absolute atomic E-state index is 0.334. The molecular weight excluding hydrogens is 262 g/mol. The fourth-order valence-corrected chi connectivity index (χ4v) is 2.15. The van der Waals surface area contributed by atoms with E-state index in [4.69, 9.17) is 4.42 Å². The van der Waals surface area contributed by atoms with Crippen molar-refractivity contribution in [1.29, 1.82) is 0 Å². The zero-order chi connectivity index (χ0) is 15.1. The van der Waals surface area contributed by atoms with Crippen molar-refractivity contribution in [2.24, 2.45) is 0 Å². The molecule has 0 atom stereocenters. The minimum Gasteiger partial charge on any atom is -0.432 e. The zero-order valence-electron chi connectivity index (χ0n) is 13.2. The highest BCUT2D eigenvalue weighted by Gasteiger charge is 2.16. The highest BCUT2D eigenvalue weighted by molar-refractivity contribution is 5.31. The van der Waals surface area contributed by atoms with Crippen molar-refractivity contribution in [1.82, 2.24) is 10.3 Å². The number of aromatic nitrogens is 1. The topological polar surface area (TPSA) is 41.3 Å². The van der Waals surface area contributed by atoms with Crippen LogP contribution < -0.4 is 10.2 Å². The molecule has 114 valence electrons. The lowest BCUT2D eigenvalue weighted by Crippen LogP contribution is -2.30. The molecule has 4 nitrogen and oxygen atoms in total. The van der Waals surface area contributed by atoms with Gasteiger partial charge in [-0.15, -0.1) is 0 Å². The van der Waals surface area contributed by atoms with Gasteiger partial charge in [-0.1, -0.05) is 37.3 Å². The predicted molar refractivity (Wildman–Crippen MR) is 86.3 cm³/mol. The van der Waals surface area contributed by atoms with E-state index in [1.54, 1.807) is 6.26 Å². The molecule has 0 aliphatic rings. The van der Waals surface area contributed by atoms with Crippen LogP contribution in [0.5, 0.6) is 0 Å². The molecule has 0 spiro atoms. The summed E-state index contributed by atoms with van der Waals surface area (Å²) in [6, 6.07) is 11.4. The van der Waals surface area contributed by atoms with E-state index in [2.05, 4.69) is 60.2 Å². The summed E-state index contributed by atoms with van der Waals surface area (Å²) < 4.78 is 5.67. The molecule has 0 saturated heterocycles. The second-order valence-corrected chi connectivity index (χ2v) is 5.51. The molecule has 0 amide bonds. The molecule has 2 aromatic rings. The first kappa shape index (κ1) is 15.6. The molecule has 0 bridgehead atoms. The van der Waals surface area contributed by atoms with E-state index in [-0.39, 0.29) is 0 Å². The van der Waals surface area contributed by atoms with Gasteiger partial charge in [-0.2, -0.15) is 4.98 Å². The van der Waals surface area contributed by atoms with Gasteiger partial charge in [0.25, 0.3) is 6.01 Å². The molecule has 0 radical (unpaired) electrons. The molecule has 0 fully saturated rings. The molecule has 0 aliphatic heterocycles. The van der Waals surface area contributed by atoms with Crippen molar-refractivity contribution in [2.45, 2.75) is 46.3 Å². The summed E-state index contributed by atoms with van der Waals surface area (Å²) in [7, 11) is 0. The Bertz CT molecular complexity index is 522. The van der Waals surface area contributed by atoms with E-state index in [1.807, 2.05) is 6.07 Å². The van der Waals surface area contributed by atoms with Crippen molar-refractivity contribution in [3.05, 3.63) is 47.9 Å². The average Bonchev–Trinajstić information content (AvgIpc) is 2.94. The smallest absolute Gasteiger partial charge is 0.298 e. The Hall–Kier alpha value is -1.81. The number of nitrogens with one attached hydrogen (secondary N) is 1. The van der Waals surface area contributed by atoms with Crippen LogP contribution in [0, 0.1) is 0 Å². The van der Waals surface area contributed by atoms with Gasteiger partial charge in [0.2, 0.25) is 0 Å². The van der Waals surface area contributed by atoms with Gasteiger partial charge in [0.1, 0.15) is 6.26 Å². The standard InChI is InChI=1S/C17H25N3O/c1-4-10-18-11-16-13-21-17(19-16)20(14(2)3)12-15-8-6-5-7-9-15/h5-9,13-14,18H,4,10-12H2,1-3H3. The predicted octanol–water partition coefficient (Wildman–Crippen LogP) is 3.59. The summed E-state index contributed by atoms with van der Waals surface area (Å²) in [6.45, 7) is 9.03. The van der Waals surface area contributed by atoms with E-state index in [1.165, 1.54) is 5.56 Å².